The van der Waals surface area contributed by atoms with Gasteiger partial charge in [0.2, 0.25) is 0 Å². The number of methoxy groups -OCH3 is 1. The molecule has 0 heterocycles. The largest absolute Gasteiger partial charge is 0.378 e. The first-order valence-electron chi connectivity index (χ1n) is 4.68. The fraction of sp³-hybridized carbons (Fsp3) is 0.417. The Morgan fingerprint density at radius 1 is 1.29 bits per heavy atom. The predicted octanol–water partition coefficient (Wildman–Crippen LogP) is 2.68. The molecule has 0 bridgehead atoms. The number of rotatable bonds is 4. The summed E-state index contributed by atoms with van der Waals surface area (Å²) in [6.07, 6.45) is 0.410. The second kappa shape index (κ2) is 4.38. The lowest BCUT2D eigenvalue weighted by atomic mass is 9.97. The van der Waals surface area contributed by atoms with E-state index in [2.05, 4.69) is 0 Å². The standard InChI is InChI=1S/C12H16O2/c1-12(2,14-3)9-11(13)10-7-5-4-6-8-10/h4-8H,9H2,1-3H3. The highest BCUT2D eigenvalue weighted by Crippen LogP contribution is 2.16. The maximum atomic E-state index is 11.7. The first-order chi connectivity index (χ1) is 6.55. The lowest BCUT2D eigenvalue weighted by Gasteiger charge is -2.21. The van der Waals surface area contributed by atoms with E-state index < -0.39 is 0 Å². The Morgan fingerprint density at radius 3 is 2.36 bits per heavy atom. The summed E-state index contributed by atoms with van der Waals surface area (Å²) in [5, 5.41) is 0. The van der Waals surface area contributed by atoms with Crippen LogP contribution in [0.4, 0.5) is 0 Å². The summed E-state index contributed by atoms with van der Waals surface area (Å²) in [4.78, 5) is 11.7. The molecule has 0 aliphatic rings. The molecule has 0 unspecified atom stereocenters. The quantitative estimate of drug-likeness (QED) is 0.685. The van der Waals surface area contributed by atoms with Gasteiger partial charge in [0.15, 0.2) is 5.78 Å². The summed E-state index contributed by atoms with van der Waals surface area (Å²) in [6, 6.07) is 9.29. The molecular weight excluding hydrogens is 176 g/mol. The van der Waals surface area contributed by atoms with Crippen LogP contribution in [0.25, 0.3) is 0 Å². The van der Waals surface area contributed by atoms with Crippen molar-refractivity contribution in [3.05, 3.63) is 35.9 Å². The molecule has 0 N–H and O–H groups in total. The minimum absolute atomic E-state index is 0.123. The molecule has 0 saturated heterocycles. The Morgan fingerprint density at radius 2 is 1.86 bits per heavy atom. The van der Waals surface area contributed by atoms with Gasteiger partial charge in [-0.2, -0.15) is 0 Å². The van der Waals surface area contributed by atoms with E-state index in [1.165, 1.54) is 0 Å². The molecule has 14 heavy (non-hydrogen) atoms. The lowest BCUT2D eigenvalue weighted by Crippen LogP contribution is -2.26. The third kappa shape index (κ3) is 2.96. The Balaban J connectivity index is 2.69. The Kier molecular flexibility index (Phi) is 3.42. The van der Waals surface area contributed by atoms with Crippen LogP contribution in [0.2, 0.25) is 0 Å². The third-order valence-electron chi connectivity index (χ3n) is 2.23. The van der Waals surface area contributed by atoms with E-state index in [0.717, 1.165) is 5.56 Å². The summed E-state index contributed by atoms with van der Waals surface area (Å²) in [5.41, 5.74) is 0.366. The van der Waals surface area contributed by atoms with Gasteiger partial charge in [0.05, 0.1) is 5.60 Å². The number of ether oxygens (including phenoxy) is 1. The van der Waals surface area contributed by atoms with Crippen molar-refractivity contribution >= 4 is 5.78 Å². The second-order valence-corrected chi connectivity index (χ2v) is 3.93. The molecule has 0 aliphatic carbocycles. The van der Waals surface area contributed by atoms with Crippen LogP contribution in [-0.2, 0) is 4.74 Å². The van der Waals surface area contributed by atoms with E-state index >= 15 is 0 Å². The summed E-state index contributed by atoms with van der Waals surface area (Å²) in [7, 11) is 1.62. The van der Waals surface area contributed by atoms with E-state index in [-0.39, 0.29) is 11.4 Å². The van der Waals surface area contributed by atoms with Crippen LogP contribution in [0.3, 0.4) is 0 Å². The zero-order valence-electron chi connectivity index (χ0n) is 8.91. The van der Waals surface area contributed by atoms with Gasteiger partial charge in [0.25, 0.3) is 0 Å². The molecule has 0 aliphatic heterocycles. The number of hydrogen-bond acceptors (Lipinski definition) is 2. The molecule has 1 rings (SSSR count). The highest BCUT2D eigenvalue weighted by atomic mass is 16.5. The van der Waals surface area contributed by atoms with Crippen LogP contribution in [0.5, 0.6) is 0 Å². The zero-order valence-corrected chi connectivity index (χ0v) is 8.91. The third-order valence-corrected chi connectivity index (χ3v) is 2.23. The molecule has 0 spiro atoms. The van der Waals surface area contributed by atoms with Gasteiger partial charge < -0.3 is 4.74 Å². The fourth-order valence-corrected chi connectivity index (χ4v) is 1.18. The molecule has 0 saturated carbocycles. The van der Waals surface area contributed by atoms with Crippen molar-refractivity contribution in [3.63, 3.8) is 0 Å². The summed E-state index contributed by atoms with van der Waals surface area (Å²) < 4.78 is 5.21. The molecule has 2 heteroatoms. The van der Waals surface area contributed by atoms with Crippen LogP contribution >= 0.6 is 0 Å². The number of carbonyl (C=O) groups is 1. The topological polar surface area (TPSA) is 26.3 Å². The number of Topliss-reactive ketones (excluding diaryl/α,β-unsaturated/α-hetero) is 1. The number of hydrogen-bond donors (Lipinski definition) is 0. The Labute approximate surface area is 84.9 Å². The highest BCUT2D eigenvalue weighted by Gasteiger charge is 2.21. The van der Waals surface area contributed by atoms with E-state index in [1.807, 2.05) is 44.2 Å². The Hall–Kier alpha value is -1.15. The van der Waals surface area contributed by atoms with E-state index in [0.29, 0.717) is 6.42 Å². The van der Waals surface area contributed by atoms with Gasteiger partial charge in [0, 0.05) is 19.1 Å². The molecule has 76 valence electrons. The number of ketones is 1. The van der Waals surface area contributed by atoms with Gasteiger partial charge in [-0.05, 0) is 13.8 Å². The predicted molar refractivity (Wildman–Crippen MR) is 56.5 cm³/mol. The van der Waals surface area contributed by atoms with Crippen molar-refractivity contribution in [1.29, 1.82) is 0 Å². The van der Waals surface area contributed by atoms with E-state index in [9.17, 15) is 4.79 Å². The van der Waals surface area contributed by atoms with Crippen molar-refractivity contribution < 1.29 is 9.53 Å². The molecule has 0 radical (unpaired) electrons. The van der Waals surface area contributed by atoms with Crippen LogP contribution < -0.4 is 0 Å². The van der Waals surface area contributed by atoms with Crippen LogP contribution in [-0.4, -0.2) is 18.5 Å². The van der Waals surface area contributed by atoms with Gasteiger partial charge in [-0.15, -0.1) is 0 Å². The zero-order chi connectivity index (χ0) is 10.6. The lowest BCUT2D eigenvalue weighted by molar-refractivity contribution is 0.0172. The average Bonchev–Trinajstić information content (AvgIpc) is 2.19. The van der Waals surface area contributed by atoms with Crippen molar-refractivity contribution in [2.24, 2.45) is 0 Å². The number of benzene rings is 1. The smallest absolute Gasteiger partial charge is 0.165 e. The average molecular weight is 192 g/mol. The van der Waals surface area contributed by atoms with Crippen LogP contribution in [0, 0.1) is 0 Å². The van der Waals surface area contributed by atoms with Crippen molar-refractivity contribution in [2.45, 2.75) is 25.9 Å². The summed E-state index contributed by atoms with van der Waals surface area (Å²) >= 11 is 0. The molecule has 0 atom stereocenters. The first-order valence-corrected chi connectivity index (χ1v) is 4.68. The maximum Gasteiger partial charge on any atom is 0.165 e. The van der Waals surface area contributed by atoms with Crippen molar-refractivity contribution in [2.75, 3.05) is 7.11 Å². The van der Waals surface area contributed by atoms with Gasteiger partial charge in [-0.25, -0.2) is 0 Å². The van der Waals surface area contributed by atoms with Crippen molar-refractivity contribution in [1.82, 2.24) is 0 Å². The molecule has 0 aromatic heterocycles. The molecule has 1 aromatic carbocycles. The van der Waals surface area contributed by atoms with Crippen LogP contribution in [0.15, 0.2) is 30.3 Å². The highest BCUT2D eigenvalue weighted by molar-refractivity contribution is 5.96. The Bertz CT molecular complexity index is 301. The first kappa shape index (κ1) is 10.9. The molecule has 1 aromatic rings. The monoisotopic (exact) mass is 192 g/mol. The second-order valence-electron chi connectivity index (χ2n) is 3.93. The SMILES string of the molecule is COC(C)(C)CC(=O)c1ccccc1. The minimum atomic E-state index is -0.382. The van der Waals surface area contributed by atoms with Gasteiger partial charge in [-0.3, -0.25) is 4.79 Å². The molecule has 0 amide bonds. The fourth-order valence-electron chi connectivity index (χ4n) is 1.18. The maximum absolute atomic E-state index is 11.7. The number of carbonyl (C=O) groups excluding carboxylic acids is 1. The molecule has 2 nitrogen and oxygen atoms in total. The van der Waals surface area contributed by atoms with E-state index in [4.69, 9.17) is 4.74 Å². The van der Waals surface area contributed by atoms with Gasteiger partial charge in [-0.1, -0.05) is 30.3 Å². The minimum Gasteiger partial charge on any atom is -0.378 e. The summed E-state index contributed by atoms with van der Waals surface area (Å²) in [5.74, 6) is 0.123. The van der Waals surface area contributed by atoms with Crippen LogP contribution in [0.1, 0.15) is 30.6 Å². The van der Waals surface area contributed by atoms with Gasteiger partial charge in [0.1, 0.15) is 0 Å². The summed E-state index contributed by atoms with van der Waals surface area (Å²) in [6.45, 7) is 3.82. The van der Waals surface area contributed by atoms with Crippen molar-refractivity contribution in [3.8, 4) is 0 Å². The van der Waals surface area contributed by atoms with E-state index in [1.54, 1.807) is 7.11 Å². The molecule has 0 fully saturated rings. The van der Waals surface area contributed by atoms with Gasteiger partial charge >= 0.3 is 0 Å². The molecular formula is C12H16O2. The normalized spacial score (nSPS) is 11.4.